The van der Waals surface area contributed by atoms with Gasteiger partial charge in [0.1, 0.15) is 6.10 Å². The van der Waals surface area contributed by atoms with Crippen LogP contribution in [0, 0.1) is 0 Å². The fraction of sp³-hybridized carbons (Fsp3) is 0.944. The fourth-order valence-electron chi connectivity index (χ4n) is 3.26. The molecule has 2 heterocycles. The predicted molar refractivity (Wildman–Crippen MR) is 114 cm³/mol. The molecular formula is C18H37IN4O2. The van der Waals surface area contributed by atoms with Gasteiger partial charge < -0.3 is 24.6 Å². The summed E-state index contributed by atoms with van der Waals surface area (Å²) in [5.74, 6) is 1.02. The fourth-order valence-corrected chi connectivity index (χ4v) is 3.26. The number of likely N-dealkylation sites (N-methyl/N-ethyl adjacent to an activating group) is 1. The maximum absolute atomic E-state index is 5.95. The van der Waals surface area contributed by atoms with E-state index in [1.165, 1.54) is 6.42 Å². The molecule has 0 aliphatic carbocycles. The zero-order chi connectivity index (χ0) is 17.4. The van der Waals surface area contributed by atoms with Crippen molar-refractivity contribution in [2.45, 2.75) is 58.3 Å². The summed E-state index contributed by atoms with van der Waals surface area (Å²) < 4.78 is 11.8. The molecule has 0 amide bonds. The van der Waals surface area contributed by atoms with Crippen LogP contribution < -0.4 is 5.32 Å². The number of nitrogens with zero attached hydrogens (tertiary/aromatic N) is 3. The van der Waals surface area contributed by atoms with Gasteiger partial charge in [-0.2, -0.15) is 0 Å². The van der Waals surface area contributed by atoms with E-state index in [0.29, 0.717) is 6.04 Å². The summed E-state index contributed by atoms with van der Waals surface area (Å²) in [6, 6.07) is 0.607. The highest BCUT2D eigenvalue weighted by molar-refractivity contribution is 14.0. The van der Waals surface area contributed by atoms with E-state index < -0.39 is 0 Å². The number of ether oxygens (including phenoxy) is 2. The van der Waals surface area contributed by atoms with Crippen molar-refractivity contribution in [1.29, 1.82) is 0 Å². The summed E-state index contributed by atoms with van der Waals surface area (Å²) in [4.78, 5) is 9.56. The van der Waals surface area contributed by atoms with E-state index in [2.05, 4.69) is 42.9 Å². The molecule has 0 aromatic heterocycles. The molecule has 0 saturated carbocycles. The minimum Gasteiger partial charge on any atom is -0.375 e. The van der Waals surface area contributed by atoms with Crippen LogP contribution in [0.1, 0.15) is 40.0 Å². The van der Waals surface area contributed by atoms with Gasteiger partial charge in [-0.05, 0) is 40.2 Å². The Bertz CT molecular complexity index is 391. The van der Waals surface area contributed by atoms with Crippen molar-refractivity contribution < 1.29 is 9.47 Å². The molecule has 148 valence electrons. The van der Waals surface area contributed by atoms with Crippen molar-refractivity contribution in [1.82, 2.24) is 15.1 Å². The summed E-state index contributed by atoms with van der Waals surface area (Å²) in [6.07, 6.45) is 3.87. The quantitative estimate of drug-likeness (QED) is 0.353. The molecule has 0 radical (unpaired) electrons. The molecule has 2 saturated heterocycles. The minimum absolute atomic E-state index is 0. The Hall–Kier alpha value is -0.120. The van der Waals surface area contributed by atoms with Crippen molar-refractivity contribution in [3.63, 3.8) is 0 Å². The van der Waals surface area contributed by atoms with Crippen molar-refractivity contribution in [3.05, 3.63) is 0 Å². The molecule has 2 aliphatic heterocycles. The molecule has 2 fully saturated rings. The molecule has 0 spiro atoms. The van der Waals surface area contributed by atoms with Gasteiger partial charge in [-0.3, -0.25) is 4.99 Å². The Kier molecular flexibility index (Phi) is 11.3. The Balaban J connectivity index is 0.00000312. The molecule has 3 atom stereocenters. The summed E-state index contributed by atoms with van der Waals surface area (Å²) in [6.45, 7) is 12.7. The highest BCUT2D eigenvalue weighted by atomic mass is 127. The molecule has 7 heteroatoms. The van der Waals surface area contributed by atoms with E-state index in [9.17, 15) is 0 Å². The highest BCUT2D eigenvalue weighted by Crippen LogP contribution is 2.21. The second-order valence-electron chi connectivity index (χ2n) is 6.88. The van der Waals surface area contributed by atoms with Crippen molar-refractivity contribution >= 4 is 29.9 Å². The Morgan fingerprint density at radius 3 is 2.68 bits per heavy atom. The number of halogens is 1. The third kappa shape index (κ3) is 7.19. The van der Waals surface area contributed by atoms with Gasteiger partial charge >= 0.3 is 0 Å². The van der Waals surface area contributed by atoms with Crippen molar-refractivity contribution in [3.8, 4) is 0 Å². The maximum Gasteiger partial charge on any atom is 0.194 e. The van der Waals surface area contributed by atoms with Gasteiger partial charge in [0.05, 0.1) is 19.3 Å². The second kappa shape index (κ2) is 12.3. The molecule has 2 rings (SSSR count). The van der Waals surface area contributed by atoms with Gasteiger partial charge in [0.25, 0.3) is 0 Å². The van der Waals surface area contributed by atoms with Gasteiger partial charge in [0, 0.05) is 38.8 Å². The standard InChI is InChI=1S/C18H36N4O2.HI/c1-5-15(3)21(4)10-9-20-18(19-6-2)22-11-13-24-17(14-22)16-8-7-12-23-16;/h15-17H,5-14H2,1-4H3,(H,19,20);1H. The van der Waals surface area contributed by atoms with Crippen molar-refractivity contribution in [2.24, 2.45) is 4.99 Å². The zero-order valence-electron chi connectivity index (χ0n) is 16.4. The Morgan fingerprint density at radius 1 is 1.28 bits per heavy atom. The first-order valence-electron chi connectivity index (χ1n) is 9.62. The summed E-state index contributed by atoms with van der Waals surface area (Å²) in [5.41, 5.74) is 0. The first kappa shape index (κ1) is 22.9. The van der Waals surface area contributed by atoms with Gasteiger partial charge in [-0.15, -0.1) is 24.0 Å². The lowest BCUT2D eigenvalue weighted by atomic mass is 10.1. The van der Waals surface area contributed by atoms with Crippen LogP contribution in [0.2, 0.25) is 0 Å². The minimum atomic E-state index is 0. The Morgan fingerprint density at radius 2 is 2.04 bits per heavy atom. The second-order valence-corrected chi connectivity index (χ2v) is 6.88. The first-order chi connectivity index (χ1) is 11.7. The van der Waals surface area contributed by atoms with Crippen LogP contribution in [-0.2, 0) is 9.47 Å². The van der Waals surface area contributed by atoms with Crippen LogP contribution >= 0.6 is 24.0 Å². The summed E-state index contributed by atoms with van der Waals surface area (Å²) >= 11 is 0. The average molecular weight is 468 g/mol. The molecule has 25 heavy (non-hydrogen) atoms. The molecule has 0 aromatic carbocycles. The lowest BCUT2D eigenvalue weighted by molar-refractivity contribution is -0.0817. The number of rotatable bonds is 7. The van der Waals surface area contributed by atoms with Gasteiger partial charge in [-0.25, -0.2) is 0 Å². The predicted octanol–water partition coefficient (Wildman–Crippen LogP) is 2.18. The van der Waals surface area contributed by atoms with E-state index >= 15 is 0 Å². The zero-order valence-corrected chi connectivity index (χ0v) is 18.7. The lowest BCUT2D eigenvalue weighted by Gasteiger charge is -2.37. The molecule has 6 nitrogen and oxygen atoms in total. The first-order valence-corrected chi connectivity index (χ1v) is 9.62. The summed E-state index contributed by atoms with van der Waals surface area (Å²) in [7, 11) is 2.18. The topological polar surface area (TPSA) is 49.3 Å². The molecule has 1 N–H and O–H groups in total. The smallest absolute Gasteiger partial charge is 0.194 e. The van der Waals surface area contributed by atoms with Gasteiger partial charge in [-0.1, -0.05) is 6.92 Å². The average Bonchev–Trinajstić information content (AvgIpc) is 3.15. The van der Waals surface area contributed by atoms with Crippen molar-refractivity contribution in [2.75, 3.05) is 53.0 Å². The molecule has 3 unspecified atom stereocenters. The third-order valence-corrected chi connectivity index (χ3v) is 5.17. The number of morpholine rings is 1. The van der Waals surface area contributed by atoms with Crippen LogP contribution in [0.5, 0.6) is 0 Å². The summed E-state index contributed by atoms with van der Waals surface area (Å²) in [5, 5.41) is 3.44. The number of aliphatic imine (C=N–C) groups is 1. The van der Waals surface area contributed by atoms with Crippen LogP contribution in [0.3, 0.4) is 0 Å². The van der Waals surface area contributed by atoms with E-state index in [1.807, 2.05) is 0 Å². The normalized spacial score (nSPS) is 25.8. The molecular weight excluding hydrogens is 431 g/mol. The largest absolute Gasteiger partial charge is 0.375 e. The molecule has 0 bridgehead atoms. The van der Waals surface area contributed by atoms with Crippen LogP contribution in [0.25, 0.3) is 0 Å². The number of guanidine groups is 1. The van der Waals surface area contributed by atoms with Crippen LogP contribution in [0.4, 0.5) is 0 Å². The highest BCUT2D eigenvalue weighted by Gasteiger charge is 2.32. The number of hydrogen-bond acceptors (Lipinski definition) is 4. The van der Waals surface area contributed by atoms with E-state index in [-0.39, 0.29) is 36.2 Å². The molecule has 0 aromatic rings. The Labute approximate surface area is 170 Å². The van der Waals surface area contributed by atoms with E-state index in [4.69, 9.17) is 14.5 Å². The van der Waals surface area contributed by atoms with E-state index in [1.54, 1.807) is 0 Å². The van der Waals surface area contributed by atoms with Crippen LogP contribution in [0.15, 0.2) is 4.99 Å². The number of nitrogens with one attached hydrogen (secondary N) is 1. The molecule has 2 aliphatic rings. The maximum atomic E-state index is 5.95. The van der Waals surface area contributed by atoms with E-state index in [0.717, 1.165) is 64.7 Å². The number of hydrogen-bond donors (Lipinski definition) is 1. The third-order valence-electron chi connectivity index (χ3n) is 5.17. The van der Waals surface area contributed by atoms with Gasteiger partial charge in [0.15, 0.2) is 5.96 Å². The SMILES string of the molecule is CCNC(=NCCN(C)C(C)CC)N1CCOC(C2CCCO2)C1.I. The monoisotopic (exact) mass is 468 g/mol. The lowest BCUT2D eigenvalue weighted by Crippen LogP contribution is -2.53. The van der Waals surface area contributed by atoms with Crippen LogP contribution in [-0.4, -0.2) is 87.0 Å². The van der Waals surface area contributed by atoms with Gasteiger partial charge in [0.2, 0.25) is 0 Å².